The van der Waals surface area contributed by atoms with Crippen LogP contribution in [0.15, 0.2) is 54.9 Å². The highest BCUT2D eigenvalue weighted by molar-refractivity contribution is 5.69. The van der Waals surface area contributed by atoms with E-state index in [2.05, 4.69) is 29.1 Å². The summed E-state index contributed by atoms with van der Waals surface area (Å²) in [5, 5.41) is 14.6. The van der Waals surface area contributed by atoms with Crippen molar-refractivity contribution >= 4 is 17.2 Å². The van der Waals surface area contributed by atoms with Crippen LogP contribution in [-0.4, -0.2) is 14.9 Å². The van der Waals surface area contributed by atoms with Crippen molar-refractivity contribution in [3.05, 3.63) is 76.1 Å². The van der Waals surface area contributed by atoms with Crippen LogP contribution in [0.2, 0.25) is 0 Å². The smallest absolute Gasteiger partial charge is 0.373 e. The Labute approximate surface area is 157 Å². The van der Waals surface area contributed by atoms with Gasteiger partial charge in [-0.25, -0.2) is 4.98 Å². The molecule has 27 heavy (non-hydrogen) atoms. The van der Waals surface area contributed by atoms with Gasteiger partial charge in [0, 0.05) is 5.69 Å². The van der Waals surface area contributed by atoms with Crippen LogP contribution in [0.4, 0.5) is 17.2 Å². The van der Waals surface area contributed by atoms with Crippen LogP contribution in [0.25, 0.3) is 0 Å². The molecule has 0 saturated carbocycles. The summed E-state index contributed by atoms with van der Waals surface area (Å²) in [6, 6.07) is 14.9. The zero-order chi connectivity index (χ0) is 19.4. The van der Waals surface area contributed by atoms with Gasteiger partial charge < -0.3 is 10.1 Å². The Hall–Kier alpha value is -3.48. The molecule has 1 heterocycles. The molecule has 1 N–H and O–H groups in total. The third kappa shape index (κ3) is 4.38. The molecule has 3 aromatic rings. The second-order valence-electron chi connectivity index (χ2n) is 6.45. The molecule has 7 nitrogen and oxygen atoms in total. The van der Waals surface area contributed by atoms with Gasteiger partial charge in [0.2, 0.25) is 5.82 Å². The van der Waals surface area contributed by atoms with Crippen LogP contribution >= 0.6 is 0 Å². The molecule has 138 valence electrons. The average Bonchev–Trinajstić information content (AvgIpc) is 2.62. The SMILES string of the molecule is Cc1cccc(Nc2ncnc(Oc3ccc(C(C)C)cc3)c2[N+](=O)[O-])c1. The Morgan fingerprint density at radius 2 is 1.85 bits per heavy atom. The maximum Gasteiger partial charge on any atom is 0.373 e. The lowest BCUT2D eigenvalue weighted by Crippen LogP contribution is -2.03. The molecule has 0 aliphatic heterocycles. The highest BCUT2D eigenvalue weighted by atomic mass is 16.6. The van der Waals surface area contributed by atoms with E-state index in [1.165, 1.54) is 6.33 Å². The Balaban J connectivity index is 1.92. The van der Waals surface area contributed by atoms with Crippen molar-refractivity contribution in [2.24, 2.45) is 0 Å². The van der Waals surface area contributed by atoms with Crippen LogP contribution in [-0.2, 0) is 0 Å². The molecule has 0 spiro atoms. The van der Waals surface area contributed by atoms with E-state index in [1.807, 2.05) is 43.3 Å². The van der Waals surface area contributed by atoms with E-state index in [1.54, 1.807) is 12.1 Å². The predicted octanol–water partition coefficient (Wildman–Crippen LogP) is 5.35. The van der Waals surface area contributed by atoms with Crippen LogP contribution in [0.5, 0.6) is 11.6 Å². The number of ether oxygens (including phenoxy) is 1. The van der Waals surface area contributed by atoms with Crippen molar-refractivity contribution in [1.82, 2.24) is 9.97 Å². The molecule has 0 unspecified atom stereocenters. The third-order valence-corrected chi connectivity index (χ3v) is 4.01. The first kappa shape index (κ1) is 18.3. The molecular formula is C20H20N4O3. The number of anilines is 2. The number of hydrogen-bond acceptors (Lipinski definition) is 6. The summed E-state index contributed by atoms with van der Waals surface area (Å²) in [6.07, 6.45) is 1.24. The van der Waals surface area contributed by atoms with Gasteiger partial charge in [0.15, 0.2) is 0 Å². The topological polar surface area (TPSA) is 90.2 Å². The van der Waals surface area contributed by atoms with Crippen molar-refractivity contribution < 1.29 is 9.66 Å². The summed E-state index contributed by atoms with van der Waals surface area (Å²) >= 11 is 0. The van der Waals surface area contributed by atoms with Crippen molar-refractivity contribution in [2.45, 2.75) is 26.7 Å². The monoisotopic (exact) mass is 364 g/mol. The van der Waals surface area contributed by atoms with Crippen LogP contribution in [0.1, 0.15) is 30.9 Å². The average molecular weight is 364 g/mol. The standard InChI is InChI=1S/C20H20N4O3/c1-13(2)15-7-9-17(10-8-15)27-20-18(24(25)26)19(21-12-22-20)23-16-6-4-5-14(3)11-16/h4-13H,1-3H3,(H,21,22,23). The Kier molecular flexibility index (Phi) is 5.30. The van der Waals surface area contributed by atoms with Crippen LogP contribution < -0.4 is 10.1 Å². The highest BCUT2D eigenvalue weighted by Crippen LogP contribution is 2.35. The predicted molar refractivity (Wildman–Crippen MR) is 104 cm³/mol. The van der Waals surface area contributed by atoms with E-state index in [9.17, 15) is 10.1 Å². The van der Waals surface area contributed by atoms with Gasteiger partial charge in [-0.05, 0) is 48.2 Å². The maximum absolute atomic E-state index is 11.6. The Morgan fingerprint density at radius 1 is 1.11 bits per heavy atom. The van der Waals surface area contributed by atoms with Crippen LogP contribution in [0.3, 0.4) is 0 Å². The van der Waals surface area contributed by atoms with Gasteiger partial charge in [0.1, 0.15) is 12.1 Å². The zero-order valence-corrected chi connectivity index (χ0v) is 15.3. The highest BCUT2D eigenvalue weighted by Gasteiger charge is 2.25. The molecular weight excluding hydrogens is 344 g/mol. The van der Waals surface area contributed by atoms with E-state index in [-0.39, 0.29) is 17.4 Å². The summed E-state index contributed by atoms with van der Waals surface area (Å²) in [7, 11) is 0. The van der Waals surface area contributed by atoms with E-state index < -0.39 is 4.92 Å². The second kappa shape index (κ2) is 7.82. The van der Waals surface area contributed by atoms with Crippen molar-refractivity contribution in [3.8, 4) is 11.6 Å². The number of nitro groups is 1. The fourth-order valence-electron chi connectivity index (χ4n) is 2.59. The fraction of sp³-hybridized carbons (Fsp3) is 0.200. The fourth-order valence-corrected chi connectivity index (χ4v) is 2.59. The molecule has 0 aliphatic carbocycles. The molecule has 1 aromatic heterocycles. The summed E-state index contributed by atoms with van der Waals surface area (Å²) < 4.78 is 5.67. The minimum atomic E-state index is -0.546. The minimum Gasteiger partial charge on any atom is -0.434 e. The largest absolute Gasteiger partial charge is 0.434 e. The lowest BCUT2D eigenvalue weighted by atomic mass is 10.0. The van der Waals surface area contributed by atoms with Gasteiger partial charge in [-0.2, -0.15) is 4.98 Å². The van der Waals surface area contributed by atoms with Gasteiger partial charge in [-0.1, -0.05) is 38.1 Å². The number of aryl methyl sites for hydroxylation is 1. The molecule has 7 heteroatoms. The van der Waals surface area contributed by atoms with E-state index in [0.29, 0.717) is 17.4 Å². The number of aromatic nitrogens is 2. The zero-order valence-electron chi connectivity index (χ0n) is 15.3. The van der Waals surface area contributed by atoms with Gasteiger partial charge in [-0.3, -0.25) is 10.1 Å². The number of nitrogens with zero attached hydrogens (tertiary/aromatic N) is 3. The van der Waals surface area contributed by atoms with E-state index in [4.69, 9.17) is 4.74 Å². The lowest BCUT2D eigenvalue weighted by molar-refractivity contribution is -0.385. The molecule has 0 aliphatic rings. The summed E-state index contributed by atoms with van der Waals surface area (Å²) in [5.41, 5.74) is 2.57. The molecule has 0 saturated heterocycles. The number of hydrogen-bond donors (Lipinski definition) is 1. The van der Waals surface area contributed by atoms with Crippen molar-refractivity contribution in [2.75, 3.05) is 5.32 Å². The quantitative estimate of drug-likeness (QED) is 0.468. The first-order valence-electron chi connectivity index (χ1n) is 8.55. The Bertz CT molecular complexity index is 956. The number of nitrogens with one attached hydrogen (secondary N) is 1. The maximum atomic E-state index is 11.6. The van der Waals surface area contributed by atoms with Gasteiger partial charge >= 0.3 is 11.6 Å². The normalized spacial score (nSPS) is 10.7. The summed E-state index contributed by atoms with van der Waals surface area (Å²) in [5.74, 6) is 0.831. The van der Waals surface area contributed by atoms with E-state index >= 15 is 0 Å². The molecule has 0 radical (unpaired) electrons. The minimum absolute atomic E-state index is 0.0781. The lowest BCUT2D eigenvalue weighted by Gasteiger charge is -2.10. The molecule has 0 fully saturated rings. The van der Waals surface area contributed by atoms with Gasteiger partial charge in [0.25, 0.3) is 0 Å². The second-order valence-corrected chi connectivity index (χ2v) is 6.45. The molecule has 0 bridgehead atoms. The van der Waals surface area contributed by atoms with Gasteiger partial charge in [0.05, 0.1) is 4.92 Å². The van der Waals surface area contributed by atoms with Gasteiger partial charge in [-0.15, -0.1) is 0 Å². The van der Waals surface area contributed by atoms with Crippen molar-refractivity contribution in [1.29, 1.82) is 0 Å². The summed E-state index contributed by atoms with van der Waals surface area (Å²) in [4.78, 5) is 19.1. The number of benzene rings is 2. The Morgan fingerprint density at radius 3 is 2.48 bits per heavy atom. The van der Waals surface area contributed by atoms with Crippen molar-refractivity contribution in [3.63, 3.8) is 0 Å². The first-order valence-corrected chi connectivity index (χ1v) is 8.55. The molecule has 0 atom stereocenters. The van der Waals surface area contributed by atoms with E-state index in [0.717, 1.165) is 11.1 Å². The number of rotatable bonds is 6. The first-order chi connectivity index (χ1) is 12.9. The summed E-state index contributed by atoms with van der Waals surface area (Å²) in [6.45, 7) is 6.12. The molecule has 0 amide bonds. The van der Waals surface area contributed by atoms with Crippen LogP contribution in [0, 0.1) is 17.0 Å². The molecule has 3 rings (SSSR count). The molecule has 2 aromatic carbocycles. The third-order valence-electron chi connectivity index (χ3n) is 4.01.